The van der Waals surface area contributed by atoms with Gasteiger partial charge in [0, 0.05) is 23.8 Å². The molecular formula is C25H28N4O2. The van der Waals surface area contributed by atoms with Gasteiger partial charge in [0.2, 0.25) is 0 Å². The van der Waals surface area contributed by atoms with Crippen molar-refractivity contribution in [3.05, 3.63) is 120 Å². The van der Waals surface area contributed by atoms with Gasteiger partial charge in [-0.3, -0.25) is 9.97 Å². The molecule has 0 bridgehead atoms. The van der Waals surface area contributed by atoms with E-state index in [1.165, 1.54) is 11.1 Å². The van der Waals surface area contributed by atoms with E-state index in [4.69, 9.17) is 0 Å². The van der Waals surface area contributed by atoms with Crippen molar-refractivity contribution < 1.29 is 11.0 Å². The molecule has 2 aromatic heterocycles. The molecule has 0 aliphatic heterocycles. The second kappa shape index (κ2) is 12.1. The van der Waals surface area contributed by atoms with Gasteiger partial charge in [0.1, 0.15) is 0 Å². The summed E-state index contributed by atoms with van der Waals surface area (Å²) in [6.07, 6.45) is 4.56. The van der Waals surface area contributed by atoms with Gasteiger partial charge in [-0.05, 0) is 66.1 Å². The minimum absolute atomic E-state index is 0. The standard InChI is InChI=1S/C25H24N4.2H2O/c1-3-15-26-24(5-1)18-28-22-11-7-20(8-12-22)17-21-9-13-23(14-10-21)29-19-25-6-2-4-16-27-25;;/h1-16,28-29H,17-19H2;2*1H2. The van der Waals surface area contributed by atoms with E-state index in [0.29, 0.717) is 0 Å². The topological polar surface area (TPSA) is 113 Å². The third-order valence-electron chi connectivity index (χ3n) is 4.72. The van der Waals surface area contributed by atoms with Crippen molar-refractivity contribution in [1.29, 1.82) is 0 Å². The highest BCUT2D eigenvalue weighted by atomic mass is 16.0. The molecule has 0 saturated carbocycles. The molecule has 160 valence electrons. The van der Waals surface area contributed by atoms with Crippen LogP contribution >= 0.6 is 0 Å². The van der Waals surface area contributed by atoms with Crippen LogP contribution in [0.2, 0.25) is 0 Å². The van der Waals surface area contributed by atoms with E-state index >= 15 is 0 Å². The molecule has 0 radical (unpaired) electrons. The van der Waals surface area contributed by atoms with Gasteiger partial charge in [-0.25, -0.2) is 0 Å². The fourth-order valence-electron chi connectivity index (χ4n) is 3.11. The Bertz CT molecular complexity index is 924. The number of aromatic nitrogens is 2. The molecular weight excluding hydrogens is 388 g/mol. The molecule has 31 heavy (non-hydrogen) atoms. The van der Waals surface area contributed by atoms with Crippen molar-refractivity contribution in [2.45, 2.75) is 19.5 Å². The average molecular weight is 417 g/mol. The maximum absolute atomic E-state index is 4.33. The van der Waals surface area contributed by atoms with Gasteiger partial charge < -0.3 is 21.6 Å². The van der Waals surface area contributed by atoms with Crippen molar-refractivity contribution in [2.24, 2.45) is 0 Å². The maximum Gasteiger partial charge on any atom is 0.0594 e. The van der Waals surface area contributed by atoms with Gasteiger partial charge in [-0.15, -0.1) is 0 Å². The number of benzene rings is 2. The second-order valence-electron chi connectivity index (χ2n) is 6.92. The average Bonchev–Trinajstić information content (AvgIpc) is 2.80. The first-order valence-electron chi connectivity index (χ1n) is 9.81. The zero-order valence-electron chi connectivity index (χ0n) is 17.3. The van der Waals surface area contributed by atoms with Gasteiger partial charge in [0.05, 0.1) is 24.5 Å². The largest absolute Gasteiger partial charge is 0.412 e. The number of rotatable bonds is 8. The second-order valence-corrected chi connectivity index (χ2v) is 6.92. The molecule has 0 unspecified atom stereocenters. The van der Waals surface area contributed by atoms with Crippen LogP contribution in [0.25, 0.3) is 0 Å². The Hall–Kier alpha value is -3.74. The minimum atomic E-state index is 0. The van der Waals surface area contributed by atoms with Crippen LogP contribution in [0, 0.1) is 0 Å². The number of hydrogen-bond acceptors (Lipinski definition) is 4. The number of hydrogen-bond donors (Lipinski definition) is 2. The Morgan fingerprint density at radius 2 is 0.935 bits per heavy atom. The van der Waals surface area contributed by atoms with Crippen LogP contribution < -0.4 is 10.6 Å². The first-order valence-corrected chi connectivity index (χ1v) is 9.81. The molecule has 4 rings (SSSR count). The minimum Gasteiger partial charge on any atom is -0.412 e. The quantitative estimate of drug-likeness (QED) is 0.456. The summed E-state index contributed by atoms with van der Waals surface area (Å²) in [5.74, 6) is 0. The van der Waals surface area contributed by atoms with Crippen LogP contribution in [-0.4, -0.2) is 20.9 Å². The fraction of sp³-hybridized carbons (Fsp3) is 0.120. The smallest absolute Gasteiger partial charge is 0.0594 e. The van der Waals surface area contributed by atoms with Crippen molar-refractivity contribution >= 4 is 11.4 Å². The maximum atomic E-state index is 4.33. The van der Waals surface area contributed by atoms with Crippen LogP contribution in [0.1, 0.15) is 22.5 Å². The summed E-state index contributed by atoms with van der Waals surface area (Å²) >= 11 is 0. The van der Waals surface area contributed by atoms with Gasteiger partial charge in [0.15, 0.2) is 0 Å². The van der Waals surface area contributed by atoms with E-state index in [0.717, 1.165) is 42.3 Å². The molecule has 0 aliphatic carbocycles. The van der Waals surface area contributed by atoms with E-state index in [9.17, 15) is 0 Å². The summed E-state index contributed by atoms with van der Waals surface area (Å²) in [5, 5.41) is 6.82. The monoisotopic (exact) mass is 416 g/mol. The molecule has 0 aliphatic rings. The molecule has 0 amide bonds. The van der Waals surface area contributed by atoms with E-state index in [1.807, 2.05) is 48.8 Å². The van der Waals surface area contributed by atoms with Crippen LogP contribution in [0.3, 0.4) is 0 Å². The summed E-state index contributed by atoms with van der Waals surface area (Å²) in [7, 11) is 0. The molecule has 6 N–H and O–H groups in total. The Kier molecular flexibility index (Phi) is 9.16. The molecule has 0 saturated heterocycles. The molecule has 0 spiro atoms. The lowest BCUT2D eigenvalue weighted by atomic mass is 10.0. The van der Waals surface area contributed by atoms with E-state index < -0.39 is 0 Å². The van der Waals surface area contributed by atoms with Crippen molar-refractivity contribution in [1.82, 2.24) is 9.97 Å². The summed E-state index contributed by atoms with van der Waals surface area (Å²) in [6, 6.07) is 29.1. The summed E-state index contributed by atoms with van der Waals surface area (Å²) in [4.78, 5) is 8.67. The van der Waals surface area contributed by atoms with E-state index in [-0.39, 0.29) is 11.0 Å². The van der Waals surface area contributed by atoms with Crippen LogP contribution in [-0.2, 0) is 19.5 Å². The van der Waals surface area contributed by atoms with E-state index in [2.05, 4.69) is 69.1 Å². The lowest BCUT2D eigenvalue weighted by molar-refractivity contribution is 0.823. The highest BCUT2D eigenvalue weighted by Gasteiger charge is 2.00. The van der Waals surface area contributed by atoms with Crippen molar-refractivity contribution in [2.75, 3.05) is 10.6 Å². The van der Waals surface area contributed by atoms with Gasteiger partial charge in [-0.2, -0.15) is 0 Å². The number of nitrogens with one attached hydrogen (secondary N) is 2. The molecule has 0 atom stereocenters. The molecule has 2 heterocycles. The van der Waals surface area contributed by atoms with Crippen molar-refractivity contribution in [3.8, 4) is 0 Å². The SMILES string of the molecule is O.O.c1ccc(CNc2ccc(Cc3ccc(NCc4ccccn4)cc3)cc2)nc1. The Morgan fingerprint density at radius 3 is 1.29 bits per heavy atom. The molecule has 6 heteroatoms. The molecule has 2 aromatic carbocycles. The zero-order valence-corrected chi connectivity index (χ0v) is 17.3. The molecule has 0 fully saturated rings. The van der Waals surface area contributed by atoms with Crippen LogP contribution in [0.5, 0.6) is 0 Å². The van der Waals surface area contributed by atoms with Gasteiger partial charge >= 0.3 is 0 Å². The summed E-state index contributed by atoms with van der Waals surface area (Å²) < 4.78 is 0. The normalized spacial score (nSPS) is 9.81. The summed E-state index contributed by atoms with van der Waals surface area (Å²) in [6.45, 7) is 1.46. The first kappa shape index (κ1) is 23.5. The fourth-order valence-corrected chi connectivity index (χ4v) is 3.11. The third kappa shape index (κ3) is 7.22. The number of nitrogens with zero attached hydrogens (tertiary/aromatic N) is 2. The van der Waals surface area contributed by atoms with Crippen molar-refractivity contribution in [3.63, 3.8) is 0 Å². The Morgan fingerprint density at radius 1 is 0.516 bits per heavy atom. The summed E-state index contributed by atoms with van der Waals surface area (Å²) in [5.41, 5.74) is 6.87. The zero-order chi connectivity index (χ0) is 19.7. The highest BCUT2D eigenvalue weighted by Crippen LogP contribution is 2.17. The number of anilines is 2. The van der Waals surface area contributed by atoms with Crippen LogP contribution in [0.15, 0.2) is 97.3 Å². The lowest BCUT2D eigenvalue weighted by Crippen LogP contribution is -2.01. The Labute approximate surface area is 182 Å². The predicted molar refractivity (Wildman–Crippen MR) is 126 cm³/mol. The highest BCUT2D eigenvalue weighted by molar-refractivity contribution is 5.48. The van der Waals surface area contributed by atoms with Gasteiger partial charge in [-0.1, -0.05) is 36.4 Å². The van der Waals surface area contributed by atoms with E-state index in [1.54, 1.807) is 0 Å². The first-order chi connectivity index (χ1) is 14.3. The third-order valence-corrected chi connectivity index (χ3v) is 4.72. The lowest BCUT2D eigenvalue weighted by Gasteiger charge is -2.09. The molecule has 4 aromatic rings. The predicted octanol–water partition coefficient (Wildman–Crippen LogP) is 3.64. The Balaban J connectivity index is 0.00000171. The number of pyridine rings is 2. The van der Waals surface area contributed by atoms with Crippen LogP contribution in [0.4, 0.5) is 11.4 Å². The molecule has 6 nitrogen and oxygen atoms in total. The van der Waals surface area contributed by atoms with Gasteiger partial charge in [0.25, 0.3) is 0 Å².